The third kappa shape index (κ3) is 5.13. The molecule has 7 nitrogen and oxygen atoms in total. The number of amides is 1. The first-order chi connectivity index (χ1) is 17.7. The summed E-state index contributed by atoms with van der Waals surface area (Å²) in [7, 11) is 0. The largest absolute Gasteiger partial charge is 0.416 e. The Kier molecular flexibility index (Phi) is 6.80. The van der Waals surface area contributed by atoms with Gasteiger partial charge in [0.05, 0.1) is 16.5 Å². The van der Waals surface area contributed by atoms with Gasteiger partial charge in [-0.25, -0.2) is 4.98 Å². The van der Waals surface area contributed by atoms with E-state index in [9.17, 15) is 22.8 Å². The summed E-state index contributed by atoms with van der Waals surface area (Å²) < 4.78 is 42.5. The second-order valence-corrected chi connectivity index (χ2v) is 10.2. The van der Waals surface area contributed by atoms with Crippen LogP contribution in [0.5, 0.6) is 0 Å². The molecule has 0 fully saturated rings. The van der Waals surface area contributed by atoms with Crippen molar-refractivity contribution in [3.05, 3.63) is 76.2 Å². The lowest BCUT2D eigenvalue weighted by Crippen LogP contribution is -2.24. The number of alkyl halides is 3. The van der Waals surface area contributed by atoms with Crippen LogP contribution in [0.2, 0.25) is 0 Å². The third-order valence-corrected chi connectivity index (χ3v) is 7.37. The molecule has 0 radical (unpaired) electrons. The number of rotatable bonds is 5. The van der Waals surface area contributed by atoms with Crippen molar-refractivity contribution in [1.82, 2.24) is 19.3 Å². The Morgan fingerprint density at radius 2 is 1.86 bits per heavy atom. The summed E-state index contributed by atoms with van der Waals surface area (Å²) >= 11 is 1.20. The SMILES string of the molecule is C[C@H](Sc1nc2nn(-c3ccccc3)c(=O)c-2c2n1CCCCC2)C(=O)Nc1cccc(C(F)(F)F)c1. The van der Waals surface area contributed by atoms with Crippen molar-refractivity contribution in [1.29, 1.82) is 0 Å². The van der Waals surface area contributed by atoms with Crippen LogP contribution < -0.4 is 10.9 Å². The first kappa shape index (κ1) is 25.1. The Balaban J connectivity index is 1.47. The number of carbonyl (C=O) groups excluding carboxylic acids is 1. The molecule has 3 aliphatic rings. The molecular weight excluding hydrogens is 503 g/mol. The van der Waals surface area contributed by atoms with Crippen molar-refractivity contribution in [2.75, 3.05) is 5.32 Å². The molecule has 192 valence electrons. The molecule has 11 heteroatoms. The van der Waals surface area contributed by atoms with Crippen LogP contribution in [0, 0.1) is 0 Å². The first-order valence-corrected chi connectivity index (χ1v) is 12.8. The molecular formula is C26H24F3N5O2S. The molecule has 0 unspecified atom stereocenters. The topological polar surface area (TPSA) is 81.8 Å². The zero-order valence-corrected chi connectivity index (χ0v) is 20.8. The van der Waals surface area contributed by atoms with E-state index in [1.807, 2.05) is 22.8 Å². The molecule has 3 aliphatic heterocycles. The normalized spacial score (nSPS) is 14.7. The van der Waals surface area contributed by atoms with Gasteiger partial charge in [0.2, 0.25) is 5.91 Å². The molecule has 2 aromatic carbocycles. The van der Waals surface area contributed by atoms with Crippen LogP contribution in [-0.4, -0.2) is 30.5 Å². The highest BCUT2D eigenvalue weighted by Gasteiger charge is 2.31. The van der Waals surface area contributed by atoms with Crippen LogP contribution >= 0.6 is 11.8 Å². The summed E-state index contributed by atoms with van der Waals surface area (Å²) in [6.45, 7) is 2.32. The molecule has 1 N–H and O–H groups in total. The number of carbonyl (C=O) groups is 1. The molecule has 0 saturated carbocycles. The van der Waals surface area contributed by atoms with Gasteiger partial charge in [-0.15, -0.1) is 5.10 Å². The molecule has 0 aromatic heterocycles. The number of nitrogens with zero attached hydrogens (tertiary/aromatic N) is 4. The van der Waals surface area contributed by atoms with Crippen molar-refractivity contribution in [2.45, 2.75) is 55.7 Å². The molecule has 2 aromatic rings. The molecule has 3 heterocycles. The maximum Gasteiger partial charge on any atom is 0.416 e. The molecule has 5 rings (SSSR count). The fraction of sp³-hybridized carbons (Fsp3) is 0.308. The molecule has 0 spiro atoms. The van der Waals surface area contributed by atoms with E-state index in [2.05, 4.69) is 15.4 Å². The Bertz CT molecular complexity index is 1470. The summed E-state index contributed by atoms with van der Waals surface area (Å²) in [5.41, 5.74) is 0.978. The number of fused-ring (bicyclic) bond motifs is 3. The standard InChI is InChI=1S/C26H24F3N5O2S/c1-16(23(35)30-18-10-8-9-17(15-18)26(27,28)29)37-25-31-22-21(20-13-6-3-7-14-33(20)25)24(36)34(32-22)19-11-4-2-5-12-19/h2,4-5,8-12,15-16H,3,6-7,13-14H2,1H3,(H,30,35)/t16-/m0/s1. The van der Waals surface area contributed by atoms with E-state index < -0.39 is 22.9 Å². The second kappa shape index (κ2) is 10.0. The van der Waals surface area contributed by atoms with Gasteiger partial charge in [0.15, 0.2) is 11.0 Å². The van der Waals surface area contributed by atoms with Gasteiger partial charge in [-0.1, -0.05) is 42.4 Å². The minimum absolute atomic E-state index is 0.0692. The molecule has 1 atom stereocenters. The van der Waals surface area contributed by atoms with Crippen LogP contribution in [0.25, 0.3) is 17.1 Å². The zero-order chi connectivity index (χ0) is 26.2. The molecule has 0 aliphatic carbocycles. The van der Waals surface area contributed by atoms with Crippen molar-refractivity contribution >= 4 is 23.4 Å². The molecule has 37 heavy (non-hydrogen) atoms. The summed E-state index contributed by atoms with van der Waals surface area (Å²) in [4.78, 5) is 30.9. The lowest BCUT2D eigenvalue weighted by Gasteiger charge is -2.20. The van der Waals surface area contributed by atoms with Gasteiger partial charge in [-0.2, -0.15) is 17.9 Å². The molecule has 0 saturated heterocycles. The van der Waals surface area contributed by atoms with E-state index in [1.54, 1.807) is 19.1 Å². The highest BCUT2D eigenvalue weighted by molar-refractivity contribution is 8.00. The van der Waals surface area contributed by atoms with Crippen molar-refractivity contribution in [3.8, 4) is 17.1 Å². The Morgan fingerprint density at radius 1 is 1.08 bits per heavy atom. The number of thioether (sulfide) groups is 1. The minimum atomic E-state index is -4.50. The Hall–Kier alpha value is -3.60. The zero-order valence-electron chi connectivity index (χ0n) is 20.0. The average molecular weight is 528 g/mol. The molecule has 1 amide bonds. The van der Waals surface area contributed by atoms with Gasteiger partial charge in [-0.3, -0.25) is 9.59 Å². The lowest BCUT2D eigenvalue weighted by molar-refractivity contribution is -0.137. The van der Waals surface area contributed by atoms with Crippen LogP contribution in [0.3, 0.4) is 0 Å². The minimum Gasteiger partial charge on any atom is -0.325 e. The van der Waals surface area contributed by atoms with Crippen LogP contribution in [-0.2, 0) is 23.9 Å². The van der Waals surface area contributed by atoms with Crippen LogP contribution in [0.1, 0.15) is 37.4 Å². The quantitative estimate of drug-likeness (QED) is 0.278. The third-order valence-electron chi connectivity index (χ3n) is 6.28. The van der Waals surface area contributed by atoms with E-state index in [-0.39, 0.29) is 11.2 Å². The highest BCUT2D eigenvalue weighted by atomic mass is 32.2. The Morgan fingerprint density at radius 3 is 2.62 bits per heavy atom. The maximum absolute atomic E-state index is 13.4. The summed E-state index contributed by atoms with van der Waals surface area (Å²) in [5.74, 6) is -0.136. The summed E-state index contributed by atoms with van der Waals surface area (Å²) in [6.07, 6.45) is -0.986. The number of para-hydroxylation sites is 1. The van der Waals surface area contributed by atoms with Gasteiger partial charge in [0.25, 0.3) is 5.56 Å². The van der Waals surface area contributed by atoms with E-state index in [0.717, 1.165) is 37.1 Å². The fourth-order valence-corrected chi connectivity index (χ4v) is 5.37. The van der Waals surface area contributed by atoms with E-state index in [4.69, 9.17) is 0 Å². The first-order valence-electron chi connectivity index (χ1n) is 11.9. The number of benzene rings is 2. The van der Waals surface area contributed by atoms with Crippen molar-refractivity contribution in [2.24, 2.45) is 0 Å². The number of anilines is 1. The lowest BCUT2D eigenvalue weighted by atomic mass is 10.1. The van der Waals surface area contributed by atoms with Crippen molar-refractivity contribution in [3.63, 3.8) is 0 Å². The van der Waals surface area contributed by atoms with E-state index in [1.165, 1.54) is 28.6 Å². The van der Waals surface area contributed by atoms with E-state index >= 15 is 0 Å². The number of nitrogens with one attached hydrogen (secondary N) is 1. The Labute approximate surface area is 215 Å². The van der Waals surface area contributed by atoms with Gasteiger partial charge in [0, 0.05) is 17.9 Å². The summed E-state index contributed by atoms with van der Waals surface area (Å²) in [6, 6.07) is 13.7. The predicted octanol–water partition coefficient (Wildman–Crippen LogP) is 5.40. The van der Waals surface area contributed by atoms with Gasteiger partial charge < -0.3 is 9.88 Å². The summed E-state index contributed by atoms with van der Waals surface area (Å²) in [5, 5.41) is 6.95. The van der Waals surface area contributed by atoms with Gasteiger partial charge >= 0.3 is 6.18 Å². The molecule has 0 bridgehead atoms. The smallest absolute Gasteiger partial charge is 0.325 e. The fourth-order valence-electron chi connectivity index (χ4n) is 4.42. The van der Waals surface area contributed by atoms with Crippen molar-refractivity contribution < 1.29 is 18.0 Å². The van der Waals surface area contributed by atoms with Crippen LogP contribution in [0.15, 0.2) is 64.5 Å². The predicted molar refractivity (Wildman–Crippen MR) is 135 cm³/mol. The van der Waals surface area contributed by atoms with E-state index in [0.29, 0.717) is 35.2 Å². The number of aromatic nitrogens is 4. The average Bonchev–Trinajstić information content (AvgIpc) is 3.03. The monoisotopic (exact) mass is 527 g/mol. The van der Waals surface area contributed by atoms with Gasteiger partial charge in [-0.05, 0) is 56.5 Å². The van der Waals surface area contributed by atoms with Gasteiger partial charge in [0.1, 0.15) is 5.56 Å². The highest BCUT2D eigenvalue weighted by Crippen LogP contribution is 2.33. The van der Waals surface area contributed by atoms with Crippen LogP contribution in [0.4, 0.5) is 18.9 Å². The second-order valence-electron chi connectivity index (χ2n) is 8.88. The number of halogens is 3. The number of hydrogen-bond donors (Lipinski definition) is 1. The maximum atomic E-state index is 13.4. The number of hydrogen-bond acceptors (Lipinski definition) is 5.